The largest absolute Gasteiger partial charge is 0.492 e. The second-order valence-electron chi connectivity index (χ2n) is 6.06. The van der Waals surface area contributed by atoms with Crippen LogP contribution in [0.1, 0.15) is 48.1 Å². The molecule has 0 aliphatic carbocycles. The summed E-state index contributed by atoms with van der Waals surface area (Å²) in [5, 5.41) is 0. The number of rotatable bonds is 5. The normalized spacial score (nSPS) is 12.5. The Bertz CT molecular complexity index is 567. The molecule has 2 aromatic carbocycles. The molecule has 0 aromatic heterocycles. The van der Waals surface area contributed by atoms with Crippen LogP contribution in [0, 0.1) is 13.8 Å². The van der Waals surface area contributed by atoms with E-state index < -0.39 is 0 Å². The first-order valence-electron chi connectivity index (χ1n) is 7.52. The molecule has 2 heteroatoms. The Morgan fingerprint density at radius 2 is 1.48 bits per heavy atom. The van der Waals surface area contributed by atoms with Gasteiger partial charge in [0.05, 0.1) is 6.04 Å². The molecule has 0 saturated heterocycles. The Balaban J connectivity index is 1.98. The molecule has 1 unspecified atom stereocenters. The molecule has 0 amide bonds. The van der Waals surface area contributed by atoms with E-state index in [0.717, 1.165) is 11.3 Å². The summed E-state index contributed by atoms with van der Waals surface area (Å²) in [6.45, 7) is 9.05. The minimum Gasteiger partial charge on any atom is -0.492 e. The summed E-state index contributed by atoms with van der Waals surface area (Å²) in [7, 11) is 0. The molecule has 2 aromatic rings. The molecular weight excluding hydrogens is 258 g/mol. The van der Waals surface area contributed by atoms with Crippen molar-refractivity contribution >= 4 is 0 Å². The smallest absolute Gasteiger partial charge is 0.119 e. The Kier molecular flexibility index (Phi) is 5.03. The van der Waals surface area contributed by atoms with Gasteiger partial charge in [0.1, 0.15) is 12.4 Å². The van der Waals surface area contributed by atoms with E-state index in [9.17, 15) is 0 Å². The summed E-state index contributed by atoms with van der Waals surface area (Å²) in [5.41, 5.74) is 11.2. The predicted molar refractivity (Wildman–Crippen MR) is 88.9 cm³/mol. The van der Waals surface area contributed by atoms with Crippen molar-refractivity contribution in [3.8, 4) is 5.75 Å². The van der Waals surface area contributed by atoms with Gasteiger partial charge in [-0.2, -0.15) is 0 Å². The average molecular weight is 283 g/mol. The Labute approximate surface area is 127 Å². The minimum atomic E-state index is -0.103. The fraction of sp³-hybridized carbons (Fsp3) is 0.368. The van der Waals surface area contributed by atoms with Crippen LogP contribution in [0.4, 0.5) is 0 Å². The summed E-state index contributed by atoms with van der Waals surface area (Å²) in [6.07, 6.45) is 0. The fourth-order valence-corrected chi connectivity index (χ4v) is 2.46. The van der Waals surface area contributed by atoms with Gasteiger partial charge in [0.15, 0.2) is 0 Å². The van der Waals surface area contributed by atoms with E-state index in [1.54, 1.807) is 0 Å². The van der Waals surface area contributed by atoms with Crippen LogP contribution in [-0.4, -0.2) is 6.61 Å². The highest BCUT2D eigenvalue weighted by molar-refractivity contribution is 5.31. The molecule has 0 bridgehead atoms. The number of aryl methyl sites for hydroxylation is 2. The number of benzene rings is 2. The van der Waals surface area contributed by atoms with Crippen molar-refractivity contribution in [3.05, 3.63) is 64.7 Å². The zero-order valence-electron chi connectivity index (χ0n) is 13.4. The van der Waals surface area contributed by atoms with E-state index in [2.05, 4.69) is 58.0 Å². The monoisotopic (exact) mass is 283 g/mol. The highest BCUT2D eigenvalue weighted by atomic mass is 16.5. The Morgan fingerprint density at radius 3 is 2.00 bits per heavy atom. The van der Waals surface area contributed by atoms with Crippen molar-refractivity contribution in [1.82, 2.24) is 0 Å². The van der Waals surface area contributed by atoms with Crippen LogP contribution in [0.15, 0.2) is 42.5 Å². The van der Waals surface area contributed by atoms with Crippen LogP contribution in [0.25, 0.3) is 0 Å². The van der Waals surface area contributed by atoms with Crippen LogP contribution in [0.5, 0.6) is 5.75 Å². The molecule has 2 rings (SSSR count). The second kappa shape index (κ2) is 6.77. The first-order chi connectivity index (χ1) is 9.95. The van der Waals surface area contributed by atoms with Crippen molar-refractivity contribution in [3.63, 3.8) is 0 Å². The second-order valence-corrected chi connectivity index (χ2v) is 6.06. The van der Waals surface area contributed by atoms with E-state index in [1.165, 1.54) is 16.7 Å². The van der Waals surface area contributed by atoms with Crippen molar-refractivity contribution in [2.24, 2.45) is 5.73 Å². The summed E-state index contributed by atoms with van der Waals surface area (Å²) in [4.78, 5) is 0. The third-order valence-electron chi connectivity index (χ3n) is 3.65. The first-order valence-corrected chi connectivity index (χ1v) is 7.52. The van der Waals surface area contributed by atoms with Gasteiger partial charge in [-0.15, -0.1) is 0 Å². The van der Waals surface area contributed by atoms with Crippen molar-refractivity contribution in [2.45, 2.75) is 39.7 Å². The first kappa shape index (κ1) is 15.6. The van der Waals surface area contributed by atoms with E-state index in [-0.39, 0.29) is 6.04 Å². The number of ether oxygens (including phenoxy) is 1. The van der Waals surface area contributed by atoms with Crippen LogP contribution in [0.2, 0.25) is 0 Å². The summed E-state index contributed by atoms with van der Waals surface area (Å²) >= 11 is 0. The van der Waals surface area contributed by atoms with Gasteiger partial charge in [0.25, 0.3) is 0 Å². The molecule has 0 spiro atoms. The van der Waals surface area contributed by atoms with Crippen LogP contribution in [0.3, 0.4) is 0 Å². The van der Waals surface area contributed by atoms with Crippen LogP contribution < -0.4 is 10.5 Å². The third kappa shape index (κ3) is 4.33. The van der Waals surface area contributed by atoms with E-state index in [4.69, 9.17) is 10.5 Å². The van der Waals surface area contributed by atoms with Gasteiger partial charge < -0.3 is 10.5 Å². The van der Waals surface area contributed by atoms with E-state index >= 15 is 0 Å². The Hall–Kier alpha value is -1.80. The van der Waals surface area contributed by atoms with Crippen molar-refractivity contribution in [1.29, 1.82) is 0 Å². The molecule has 0 radical (unpaired) electrons. The molecule has 2 nitrogen and oxygen atoms in total. The Morgan fingerprint density at radius 1 is 0.905 bits per heavy atom. The number of nitrogens with two attached hydrogens (primary N) is 1. The molecular formula is C19H25NO. The average Bonchev–Trinajstić information content (AvgIpc) is 2.44. The van der Waals surface area contributed by atoms with Crippen molar-refractivity contribution in [2.75, 3.05) is 6.61 Å². The molecule has 0 heterocycles. The lowest BCUT2D eigenvalue weighted by Crippen LogP contribution is -2.19. The van der Waals surface area contributed by atoms with Gasteiger partial charge in [-0.1, -0.05) is 55.3 Å². The minimum absolute atomic E-state index is 0.103. The predicted octanol–water partition coefficient (Wildman–Crippen LogP) is 4.51. The summed E-state index contributed by atoms with van der Waals surface area (Å²) < 4.78 is 5.81. The fourth-order valence-electron chi connectivity index (χ4n) is 2.46. The van der Waals surface area contributed by atoms with Gasteiger partial charge in [-0.25, -0.2) is 0 Å². The highest BCUT2D eigenvalue weighted by Gasteiger charge is 2.08. The lowest BCUT2D eigenvalue weighted by atomic mass is 10.0. The van der Waals surface area contributed by atoms with Gasteiger partial charge >= 0.3 is 0 Å². The molecule has 0 aliphatic rings. The zero-order chi connectivity index (χ0) is 15.4. The van der Waals surface area contributed by atoms with E-state index in [0.29, 0.717) is 12.5 Å². The van der Waals surface area contributed by atoms with E-state index in [1.807, 2.05) is 12.1 Å². The molecule has 21 heavy (non-hydrogen) atoms. The maximum atomic E-state index is 6.23. The molecule has 112 valence electrons. The molecule has 2 N–H and O–H groups in total. The SMILES string of the molecule is Cc1cc(C)cc(C(N)COc2ccc(C(C)C)cc2)c1. The topological polar surface area (TPSA) is 35.2 Å². The maximum Gasteiger partial charge on any atom is 0.119 e. The van der Waals surface area contributed by atoms with Gasteiger partial charge in [0, 0.05) is 0 Å². The summed E-state index contributed by atoms with van der Waals surface area (Å²) in [5.74, 6) is 1.41. The van der Waals surface area contributed by atoms with Crippen LogP contribution >= 0.6 is 0 Å². The molecule has 0 fully saturated rings. The quantitative estimate of drug-likeness (QED) is 0.876. The van der Waals surface area contributed by atoms with Gasteiger partial charge in [-0.05, 0) is 43.0 Å². The maximum absolute atomic E-state index is 6.23. The molecule has 0 aliphatic heterocycles. The zero-order valence-corrected chi connectivity index (χ0v) is 13.4. The highest BCUT2D eigenvalue weighted by Crippen LogP contribution is 2.20. The molecule has 0 saturated carbocycles. The lowest BCUT2D eigenvalue weighted by molar-refractivity contribution is 0.290. The number of hydrogen-bond donors (Lipinski definition) is 1. The van der Waals surface area contributed by atoms with Crippen molar-refractivity contribution < 1.29 is 4.74 Å². The number of hydrogen-bond acceptors (Lipinski definition) is 2. The molecule has 1 atom stereocenters. The third-order valence-corrected chi connectivity index (χ3v) is 3.65. The van der Waals surface area contributed by atoms with Crippen LogP contribution in [-0.2, 0) is 0 Å². The standard InChI is InChI=1S/C19H25NO/c1-13(2)16-5-7-18(8-6-16)21-12-19(20)17-10-14(3)9-15(4)11-17/h5-11,13,19H,12,20H2,1-4H3. The lowest BCUT2D eigenvalue weighted by Gasteiger charge is -2.15. The van der Waals surface area contributed by atoms with Gasteiger partial charge in [0.2, 0.25) is 0 Å². The summed E-state index contributed by atoms with van der Waals surface area (Å²) in [6, 6.07) is 14.6. The van der Waals surface area contributed by atoms with Gasteiger partial charge in [-0.3, -0.25) is 0 Å².